The van der Waals surface area contributed by atoms with E-state index >= 15 is 0 Å². The summed E-state index contributed by atoms with van der Waals surface area (Å²) in [5, 5.41) is 15.7. The molecule has 0 radical (unpaired) electrons. The smallest absolute Gasteiger partial charge is 0.315 e. The summed E-state index contributed by atoms with van der Waals surface area (Å²) in [6, 6.07) is 7.70. The number of amides is 2. The molecule has 2 aliphatic rings. The topological polar surface area (TPSA) is 78.4 Å². The molecule has 0 atom stereocenters. The number of hydrogen-bond donors (Lipinski definition) is 3. The highest BCUT2D eigenvalue weighted by Crippen LogP contribution is 2.49. The quantitative estimate of drug-likeness (QED) is 0.762. The van der Waals surface area contributed by atoms with E-state index in [2.05, 4.69) is 10.6 Å². The maximum absolute atomic E-state index is 12.1. The predicted molar refractivity (Wildman–Crippen MR) is 92.3 cm³/mol. The van der Waals surface area contributed by atoms with Crippen molar-refractivity contribution in [2.45, 2.75) is 50.0 Å². The summed E-state index contributed by atoms with van der Waals surface area (Å²) in [6.45, 7) is 0.576. The number of carbonyl (C=O) groups excluding carboxylic acids is 1. The van der Waals surface area contributed by atoms with Crippen LogP contribution in [0.3, 0.4) is 0 Å². The number of halogens is 1. The summed E-state index contributed by atoms with van der Waals surface area (Å²) < 4.78 is 0. The summed E-state index contributed by atoms with van der Waals surface area (Å²) in [7, 11) is 0. The Hall–Kier alpha value is -1.75. The van der Waals surface area contributed by atoms with Crippen LogP contribution in [0.4, 0.5) is 4.79 Å². The second-order valence-electron chi connectivity index (χ2n) is 6.97. The molecule has 24 heavy (non-hydrogen) atoms. The minimum atomic E-state index is -0.728. The SMILES string of the molecule is O=C(NCC1(c2ccccc2Cl)CC1)NC1CCC(C(=O)O)CC1. The van der Waals surface area contributed by atoms with Crippen LogP contribution in [-0.4, -0.2) is 29.7 Å². The fraction of sp³-hybridized carbons (Fsp3) is 0.556. The van der Waals surface area contributed by atoms with Gasteiger partial charge in [0, 0.05) is 23.0 Å². The lowest BCUT2D eigenvalue weighted by Gasteiger charge is -2.27. The molecular formula is C18H23ClN2O3. The van der Waals surface area contributed by atoms with Gasteiger partial charge < -0.3 is 15.7 Å². The van der Waals surface area contributed by atoms with E-state index in [1.54, 1.807) is 0 Å². The second-order valence-corrected chi connectivity index (χ2v) is 7.38. The lowest BCUT2D eigenvalue weighted by Crippen LogP contribution is -2.46. The lowest BCUT2D eigenvalue weighted by atomic mass is 9.86. The number of rotatable bonds is 5. The van der Waals surface area contributed by atoms with Crippen LogP contribution >= 0.6 is 11.6 Å². The largest absolute Gasteiger partial charge is 0.481 e. The van der Waals surface area contributed by atoms with Crippen LogP contribution in [0.25, 0.3) is 0 Å². The minimum Gasteiger partial charge on any atom is -0.481 e. The zero-order valence-electron chi connectivity index (χ0n) is 13.6. The van der Waals surface area contributed by atoms with Crippen LogP contribution in [0.5, 0.6) is 0 Å². The molecule has 0 aliphatic heterocycles. The Bertz CT molecular complexity index is 622. The van der Waals surface area contributed by atoms with E-state index in [1.807, 2.05) is 24.3 Å². The summed E-state index contributed by atoms with van der Waals surface area (Å²) in [6.07, 6.45) is 4.76. The van der Waals surface area contributed by atoms with Crippen LogP contribution in [0.1, 0.15) is 44.1 Å². The van der Waals surface area contributed by atoms with Crippen molar-refractivity contribution in [1.29, 1.82) is 0 Å². The van der Waals surface area contributed by atoms with Gasteiger partial charge in [0.2, 0.25) is 0 Å². The predicted octanol–water partition coefficient (Wildman–Crippen LogP) is 3.31. The van der Waals surface area contributed by atoms with Gasteiger partial charge in [-0.1, -0.05) is 29.8 Å². The van der Waals surface area contributed by atoms with Gasteiger partial charge in [0.1, 0.15) is 0 Å². The Kier molecular flexibility index (Phi) is 4.99. The maximum Gasteiger partial charge on any atom is 0.315 e. The van der Waals surface area contributed by atoms with Crippen molar-refractivity contribution in [1.82, 2.24) is 10.6 Å². The molecule has 2 fully saturated rings. The number of aliphatic carboxylic acids is 1. The molecule has 130 valence electrons. The summed E-state index contributed by atoms with van der Waals surface area (Å²) >= 11 is 6.28. The van der Waals surface area contributed by atoms with Crippen LogP contribution in [0, 0.1) is 5.92 Å². The van der Waals surface area contributed by atoms with Gasteiger partial charge in [0.25, 0.3) is 0 Å². The van der Waals surface area contributed by atoms with E-state index in [0.29, 0.717) is 19.4 Å². The van der Waals surface area contributed by atoms with Crippen molar-refractivity contribution in [3.63, 3.8) is 0 Å². The fourth-order valence-electron chi connectivity index (χ4n) is 3.55. The average molecular weight is 351 g/mol. The third-order valence-corrected chi connectivity index (χ3v) is 5.63. The Labute approximate surface area is 146 Å². The van der Waals surface area contributed by atoms with Gasteiger partial charge >= 0.3 is 12.0 Å². The first-order valence-corrected chi connectivity index (χ1v) is 8.90. The molecule has 2 saturated carbocycles. The highest BCUT2D eigenvalue weighted by atomic mass is 35.5. The normalized spacial score (nSPS) is 24.9. The monoisotopic (exact) mass is 350 g/mol. The van der Waals surface area contributed by atoms with E-state index in [-0.39, 0.29) is 23.4 Å². The van der Waals surface area contributed by atoms with E-state index in [1.165, 1.54) is 0 Å². The van der Waals surface area contributed by atoms with Gasteiger partial charge in [0.05, 0.1) is 5.92 Å². The summed E-state index contributed by atoms with van der Waals surface area (Å²) in [4.78, 5) is 23.1. The number of carbonyl (C=O) groups is 2. The molecule has 2 amide bonds. The molecule has 0 unspecified atom stereocenters. The van der Waals surface area contributed by atoms with E-state index in [4.69, 9.17) is 16.7 Å². The van der Waals surface area contributed by atoms with Crippen molar-refractivity contribution in [3.05, 3.63) is 34.9 Å². The lowest BCUT2D eigenvalue weighted by molar-refractivity contribution is -0.142. The molecule has 0 bridgehead atoms. The molecule has 2 aliphatic carbocycles. The number of benzene rings is 1. The van der Waals surface area contributed by atoms with Crippen LogP contribution in [0.15, 0.2) is 24.3 Å². The first-order chi connectivity index (χ1) is 11.5. The molecular weight excluding hydrogens is 328 g/mol. The standard InChI is InChI=1S/C18H23ClN2O3/c19-15-4-2-1-3-14(15)18(9-10-18)11-20-17(24)21-13-7-5-12(6-8-13)16(22)23/h1-4,12-13H,5-11H2,(H,22,23)(H2,20,21,24). The van der Waals surface area contributed by atoms with E-state index in [0.717, 1.165) is 36.3 Å². The molecule has 0 spiro atoms. The van der Waals surface area contributed by atoms with Crippen molar-refractivity contribution in [3.8, 4) is 0 Å². The fourth-order valence-corrected chi connectivity index (χ4v) is 3.89. The third kappa shape index (κ3) is 3.83. The van der Waals surface area contributed by atoms with Crippen LogP contribution < -0.4 is 10.6 Å². The summed E-state index contributed by atoms with van der Waals surface area (Å²) in [5.41, 5.74) is 1.07. The maximum atomic E-state index is 12.1. The zero-order chi connectivity index (χ0) is 17.2. The first-order valence-electron chi connectivity index (χ1n) is 8.52. The molecule has 3 rings (SSSR count). The molecule has 0 heterocycles. The van der Waals surface area contributed by atoms with Crippen molar-refractivity contribution < 1.29 is 14.7 Å². The molecule has 1 aromatic rings. The Morgan fingerprint density at radius 3 is 2.42 bits per heavy atom. The van der Waals surface area contributed by atoms with E-state index < -0.39 is 5.97 Å². The van der Waals surface area contributed by atoms with E-state index in [9.17, 15) is 9.59 Å². The van der Waals surface area contributed by atoms with Crippen molar-refractivity contribution in [2.24, 2.45) is 5.92 Å². The number of hydrogen-bond acceptors (Lipinski definition) is 2. The number of urea groups is 1. The number of carboxylic acids is 1. The van der Waals surface area contributed by atoms with Crippen LogP contribution in [0.2, 0.25) is 5.02 Å². The highest BCUT2D eigenvalue weighted by molar-refractivity contribution is 6.31. The zero-order valence-corrected chi connectivity index (χ0v) is 14.3. The minimum absolute atomic E-state index is 0.0311. The van der Waals surface area contributed by atoms with Crippen LogP contribution in [-0.2, 0) is 10.2 Å². The highest BCUT2D eigenvalue weighted by Gasteiger charge is 2.45. The Balaban J connectivity index is 1.47. The first kappa shape index (κ1) is 17.1. The second kappa shape index (κ2) is 7.01. The van der Waals surface area contributed by atoms with Gasteiger partial charge in [0.15, 0.2) is 0 Å². The third-order valence-electron chi connectivity index (χ3n) is 5.30. The van der Waals surface area contributed by atoms with Gasteiger partial charge in [-0.15, -0.1) is 0 Å². The molecule has 0 aromatic heterocycles. The molecule has 0 saturated heterocycles. The van der Waals surface area contributed by atoms with Gasteiger partial charge in [-0.25, -0.2) is 4.79 Å². The Morgan fingerprint density at radius 1 is 1.17 bits per heavy atom. The van der Waals surface area contributed by atoms with Crippen molar-refractivity contribution in [2.75, 3.05) is 6.54 Å². The van der Waals surface area contributed by atoms with Gasteiger partial charge in [-0.05, 0) is 50.2 Å². The number of nitrogens with one attached hydrogen (secondary N) is 2. The molecule has 6 heteroatoms. The van der Waals surface area contributed by atoms with Gasteiger partial charge in [-0.2, -0.15) is 0 Å². The summed E-state index contributed by atoms with van der Waals surface area (Å²) in [5.74, 6) is -0.991. The average Bonchev–Trinajstić information content (AvgIpc) is 3.35. The molecule has 5 nitrogen and oxygen atoms in total. The van der Waals surface area contributed by atoms with Crippen molar-refractivity contribution >= 4 is 23.6 Å². The molecule has 1 aromatic carbocycles. The van der Waals surface area contributed by atoms with Gasteiger partial charge in [-0.3, -0.25) is 4.79 Å². The Morgan fingerprint density at radius 2 is 1.83 bits per heavy atom. The molecule has 3 N–H and O–H groups in total. The number of carboxylic acid groups (broad SMARTS) is 1.